The van der Waals surface area contributed by atoms with Crippen LogP contribution >= 0.6 is 0 Å². The number of nitrogens with one attached hydrogen (secondary N) is 2. The fourth-order valence-corrected chi connectivity index (χ4v) is 2.00. The fourth-order valence-electron chi connectivity index (χ4n) is 2.00. The molecule has 114 valence electrons. The molecule has 0 bridgehead atoms. The Morgan fingerprint density at radius 1 is 1.27 bits per heavy atom. The first-order valence-electron chi connectivity index (χ1n) is 6.82. The summed E-state index contributed by atoms with van der Waals surface area (Å²) in [5.74, 6) is 1.35. The molecule has 2 rings (SSSR count). The molecule has 0 spiro atoms. The van der Waals surface area contributed by atoms with Crippen molar-refractivity contribution in [3.8, 4) is 11.5 Å². The second kappa shape index (κ2) is 7.12. The third kappa shape index (κ3) is 3.35. The van der Waals surface area contributed by atoms with Crippen LogP contribution in [0.25, 0.3) is 5.57 Å². The molecule has 6 N–H and O–H groups in total. The largest absolute Gasteiger partial charge is 0.455 e. The predicted octanol–water partition coefficient (Wildman–Crippen LogP) is 0.579. The van der Waals surface area contributed by atoms with E-state index in [-0.39, 0.29) is 0 Å². The van der Waals surface area contributed by atoms with E-state index in [0.717, 1.165) is 11.3 Å². The molecule has 2 aromatic rings. The Morgan fingerprint density at radius 3 is 2.59 bits per heavy atom. The van der Waals surface area contributed by atoms with Gasteiger partial charge in [0.1, 0.15) is 24.2 Å². The van der Waals surface area contributed by atoms with Crippen molar-refractivity contribution in [2.24, 2.45) is 5.73 Å². The monoisotopic (exact) mass is 298 g/mol. The molecule has 6 heteroatoms. The third-order valence-corrected chi connectivity index (χ3v) is 3.02. The second-order valence-corrected chi connectivity index (χ2v) is 4.51. The van der Waals surface area contributed by atoms with Gasteiger partial charge in [0.15, 0.2) is 12.0 Å². The van der Waals surface area contributed by atoms with Gasteiger partial charge in [0.25, 0.3) is 0 Å². The first-order valence-corrected chi connectivity index (χ1v) is 6.82. The number of nitrogens with zero attached hydrogens (tertiary/aromatic N) is 1. The number of hydrogen-bond donors (Lipinski definition) is 4. The van der Waals surface area contributed by atoms with E-state index in [4.69, 9.17) is 16.2 Å². The fraction of sp³-hybridized carbons (Fsp3) is 0.125. The molecule has 0 atom stereocenters. The molecule has 6 nitrogen and oxygen atoms in total. The van der Waals surface area contributed by atoms with E-state index in [1.165, 1.54) is 6.20 Å². The molecule has 0 saturated carbocycles. The minimum Gasteiger partial charge on any atom is -0.455 e. The van der Waals surface area contributed by atoms with Gasteiger partial charge in [-0.1, -0.05) is 0 Å². The van der Waals surface area contributed by atoms with E-state index in [1.54, 1.807) is 37.7 Å². The lowest BCUT2D eigenvalue weighted by atomic mass is 10.1. The number of nitrogen functional groups attached to an aromatic ring is 1. The van der Waals surface area contributed by atoms with Crippen LogP contribution in [0.15, 0.2) is 42.7 Å². The van der Waals surface area contributed by atoms with E-state index < -0.39 is 0 Å². The summed E-state index contributed by atoms with van der Waals surface area (Å²) in [6.45, 7) is 0. The van der Waals surface area contributed by atoms with Crippen LogP contribution in [-0.2, 0) is 0 Å². The van der Waals surface area contributed by atoms with Gasteiger partial charge in [-0.25, -0.2) is 0 Å². The number of hydrogen-bond acceptors (Lipinski definition) is 5. The highest BCUT2D eigenvalue weighted by molar-refractivity contribution is 6.08. The van der Waals surface area contributed by atoms with Crippen molar-refractivity contribution in [1.82, 2.24) is 4.98 Å². The Morgan fingerprint density at radius 2 is 2.00 bits per heavy atom. The Labute approximate surface area is 129 Å². The zero-order valence-corrected chi connectivity index (χ0v) is 12.6. The maximum absolute atomic E-state index is 5.91. The Hall–Kier alpha value is -3.02. The van der Waals surface area contributed by atoms with Gasteiger partial charge in [-0.2, -0.15) is 0 Å². The van der Waals surface area contributed by atoms with Crippen molar-refractivity contribution in [1.29, 1.82) is 0 Å². The summed E-state index contributed by atoms with van der Waals surface area (Å²) in [4.78, 5) is 7.32. The number of rotatable bonds is 5. The molecule has 0 aliphatic rings. The summed E-state index contributed by atoms with van der Waals surface area (Å²) in [5, 5.41) is 3.11. The van der Waals surface area contributed by atoms with Gasteiger partial charge in [0.2, 0.25) is 0 Å². The van der Waals surface area contributed by atoms with Crippen LogP contribution in [-0.4, -0.2) is 25.3 Å². The number of ether oxygens (including phenoxy) is 1. The molecule has 0 unspecified atom stereocenters. The summed E-state index contributed by atoms with van der Waals surface area (Å²) >= 11 is 0. The van der Waals surface area contributed by atoms with Crippen molar-refractivity contribution in [2.75, 3.05) is 25.1 Å². The molecule has 0 radical (unpaired) electrons. The van der Waals surface area contributed by atoms with Crippen LogP contribution in [0.1, 0.15) is 5.69 Å². The Bertz CT molecular complexity index is 692. The zero-order chi connectivity index (χ0) is 15.9. The van der Waals surface area contributed by atoms with Crippen molar-refractivity contribution >= 4 is 23.2 Å². The smallest absolute Gasteiger partial charge is 0.172 e. The van der Waals surface area contributed by atoms with Gasteiger partial charge in [0, 0.05) is 31.2 Å². The summed E-state index contributed by atoms with van der Waals surface area (Å²) in [6, 6.07) is 8.99. The van der Waals surface area contributed by atoms with Gasteiger partial charge < -0.3 is 21.5 Å². The maximum Gasteiger partial charge on any atom is 0.172 e. The van der Waals surface area contributed by atoms with Crippen LogP contribution in [0.3, 0.4) is 0 Å². The number of nitrogens with two attached hydrogens (primary N) is 2. The highest BCUT2D eigenvalue weighted by Crippen LogP contribution is 2.33. The highest BCUT2D eigenvalue weighted by atomic mass is 16.5. The molecule has 1 heterocycles. The first kappa shape index (κ1) is 15.4. The van der Waals surface area contributed by atoms with Gasteiger partial charge >= 0.3 is 0 Å². The summed E-state index contributed by atoms with van der Waals surface area (Å²) in [6.07, 6.45) is 4.94. The maximum atomic E-state index is 5.91. The molecule has 0 aliphatic carbocycles. The van der Waals surface area contributed by atoms with Crippen LogP contribution < -0.4 is 26.5 Å². The van der Waals surface area contributed by atoms with Gasteiger partial charge in [-0.3, -0.25) is 9.98 Å². The van der Waals surface area contributed by atoms with E-state index >= 15 is 0 Å². The van der Waals surface area contributed by atoms with Crippen LogP contribution in [0.2, 0.25) is 0 Å². The SMILES string of the molecule is CNc1c(Oc2ccc(N)cc2)ccnc1C(C=[NH+]C)=CN. The first-order chi connectivity index (χ1) is 10.7. The average molecular weight is 298 g/mol. The van der Waals surface area contributed by atoms with Crippen molar-refractivity contribution in [2.45, 2.75) is 0 Å². The lowest BCUT2D eigenvalue weighted by Crippen LogP contribution is -2.63. The van der Waals surface area contributed by atoms with E-state index in [9.17, 15) is 0 Å². The van der Waals surface area contributed by atoms with E-state index in [1.807, 2.05) is 19.2 Å². The lowest BCUT2D eigenvalue weighted by Gasteiger charge is -2.14. The van der Waals surface area contributed by atoms with Crippen LogP contribution in [0.4, 0.5) is 11.4 Å². The van der Waals surface area contributed by atoms with Crippen LogP contribution in [0.5, 0.6) is 11.5 Å². The molecule has 1 aromatic heterocycles. The highest BCUT2D eigenvalue weighted by Gasteiger charge is 2.14. The molecule has 0 fully saturated rings. The number of anilines is 2. The summed E-state index contributed by atoms with van der Waals surface area (Å²) < 4.78 is 5.91. The van der Waals surface area contributed by atoms with E-state index in [0.29, 0.717) is 22.9 Å². The minimum absolute atomic E-state index is 0.654. The molecular formula is C16H20N5O+. The second-order valence-electron chi connectivity index (χ2n) is 4.51. The number of aromatic nitrogens is 1. The Balaban J connectivity index is 2.42. The van der Waals surface area contributed by atoms with E-state index in [2.05, 4.69) is 15.3 Å². The average Bonchev–Trinajstić information content (AvgIpc) is 2.54. The van der Waals surface area contributed by atoms with Gasteiger partial charge in [-0.15, -0.1) is 0 Å². The minimum atomic E-state index is 0.654. The molecule has 1 aromatic carbocycles. The van der Waals surface area contributed by atoms with Gasteiger partial charge in [-0.05, 0) is 24.3 Å². The molecular weight excluding hydrogens is 278 g/mol. The third-order valence-electron chi connectivity index (χ3n) is 3.02. The Kier molecular flexibility index (Phi) is 4.98. The summed E-state index contributed by atoms with van der Waals surface area (Å²) in [7, 11) is 3.61. The zero-order valence-electron chi connectivity index (χ0n) is 12.6. The quantitative estimate of drug-likeness (QED) is 0.478. The lowest BCUT2D eigenvalue weighted by molar-refractivity contribution is -0.412. The number of allylic oxidation sites excluding steroid dienone is 1. The normalized spacial score (nSPS) is 11.6. The number of benzene rings is 1. The molecule has 0 amide bonds. The van der Waals surface area contributed by atoms with Crippen molar-refractivity contribution in [3.63, 3.8) is 0 Å². The summed E-state index contributed by atoms with van der Waals surface area (Å²) in [5.41, 5.74) is 14.3. The van der Waals surface area contributed by atoms with Gasteiger partial charge in [0.05, 0.1) is 5.57 Å². The number of pyridine rings is 1. The van der Waals surface area contributed by atoms with Crippen molar-refractivity contribution in [3.05, 3.63) is 48.4 Å². The van der Waals surface area contributed by atoms with Crippen molar-refractivity contribution < 1.29 is 9.73 Å². The van der Waals surface area contributed by atoms with Crippen LogP contribution in [0, 0.1) is 0 Å². The molecule has 0 aliphatic heterocycles. The topological polar surface area (TPSA) is 100 Å². The standard InChI is InChI=1S/C16H19N5O/c1-19-10-11(9-17)15-16(20-2)14(7-8-21-15)22-13-5-3-12(18)4-6-13/h3-10,20H,17-18H2,1-2H3/p+1. The predicted molar refractivity (Wildman–Crippen MR) is 89.8 cm³/mol. The molecule has 0 saturated heterocycles. The molecule has 22 heavy (non-hydrogen) atoms.